The molecule has 2 unspecified atom stereocenters. The van der Waals surface area contributed by atoms with E-state index in [9.17, 15) is 9.59 Å². The molecular weight excluding hydrogens is 230 g/mol. The zero-order chi connectivity index (χ0) is 13.1. The summed E-state index contributed by atoms with van der Waals surface area (Å²) in [4.78, 5) is 22.8. The summed E-state index contributed by atoms with van der Waals surface area (Å²) in [7, 11) is 0. The average molecular weight is 247 g/mol. The number of fused-ring (bicyclic) bond motifs is 1. The van der Waals surface area contributed by atoms with Crippen LogP contribution in [-0.2, 0) is 22.6 Å². The number of hydrogen-bond donors (Lipinski definition) is 3. The highest BCUT2D eigenvalue weighted by Gasteiger charge is 2.25. The minimum Gasteiger partial charge on any atom is -0.368 e. The zero-order valence-corrected chi connectivity index (χ0v) is 10.3. The van der Waals surface area contributed by atoms with Crippen LogP contribution in [0.15, 0.2) is 24.3 Å². The Kier molecular flexibility index (Phi) is 3.62. The molecular formula is C13H17N3O2. The van der Waals surface area contributed by atoms with Crippen LogP contribution >= 0.6 is 0 Å². The van der Waals surface area contributed by atoms with E-state index < -0.39 is 11.9 Å². The van der Waals surface area contributed by atoms with Gasteiger partial charge in [-0.05, 0) is 24.5 Å². The highest BCUT2D eigenvalue weighted by molar-refractivity contribution is 5.89. The quantitative estimate of drug-likeness (QED) is 0.685. The van der Waals surface area contributed by atoms with Crippen LogP contribution < -0.4 is 16.4 Å². The molecule has 5 heteroatoms. The third kappa shape index (κ3) is 2.68. The first-order valence-electron chi connectivity index (χ1n) is 5.98. The van der Waals surface area contributed by atoms with Gasteiger partial charge in [-0.25, -0.2) is 0 Å². The third-order valence-electron chi connectivity index (χ3n) is 3.18. The van der Waals surface area contributed by atoms with Gasteiger partial charge in [0.25, 0.3) is 0 Å². The molecule has 1 aliphatic rings. The van der Waals surface area contributed by atoms with Crippen LogP contribution in [-0.4, -0.2) is 23.9 Å². The lowest BCUT2D eigenvalue weighted by Crippen LogP contribution is -2.52. The molecule has 2 amide bonds. The highest BCUT2D eigenvalue weighted by Crippen LogP contribution is 2.16. The van der Waals surface area contributed by atoms with Crippen molar-refractivity contribution in [2.45, 2.75) is 32.0 Å². The van der Waals surface area contributed by atoms with Gasteiger partial charge in [-0.15, -0.1) is 0 Å². The molecule has 0 bridgehead atoms. The molecule has 5 nitrogen and oxygen atoms in total. The molecule has 1 aliphatic heterocycles. The Hall–Kier alpha value is -1.88. The summed E-state index contributed by atoms with van der Waals surface area (Å²) in [5, 5.41) is 5.76. The molecule has 96 valence electrons. The van der Waals surface area contributed by atoms with Gasteiger partial charge >= 0.3 is 0 Å². The Morgan fingerprint density at radius 1 is 1.39 bits per heavy atom. The van der Waals surface area contributed by atoms with E-state index in [-0.39, 0.29) is 11.9 Å². The maximum Gasteiger partial charge on any atom is 0.239 e. The van der Waals surface area contributed by atoms with Crippen molar-refractivity contribution in [3.63, 3.8) is 0 Å². The zero-order valence-electron chi connectivity index (χ0n) is 10.3. The average Bonchev–Trinajstić information content (AvgIpc) is 2.37. The van der Waals surface area contributed by atoms with Crippen molar-refractivity contribution in [2.75, 3.05) is 0 Å². The van der Waals surface area contributed by atoms with E-state index in [0.29, 0.717) is 13.0 Å². The summed E-state index contributed by atoms with van der Waals surface area (Å²) in [6, 6.07) is 7.07. The molecule has 0 fully saturated rings. The van der Waals surface area contributed by atoms with Crippen molar-refractivity contribution >= 4 is 11.8 Å². The number of hydrogen-bond acceptors (Lipinski definition) is 3. The van der Waals surface area contributed by atoms with E-state index in [1.54, 1.807) is 6.92 Å². The van der Waals surface area contributed by atoms with E-state index in [1.807, 2.05) is 24.3 Å². The first kappa shape index (κ1) is 12.6. The fourth-order valence-corrected chi connectivity index (χ4v) is 2.02. The molecule has 0 radical (unpaired) electrons. The molecule has 1 aromatic carbocycles. The van der Waals surface area contributed by atoms with Crippen LogP contribution in [0.5, 0.6) is 0 Å². The second kappa shape index (κ2) is 5.18. The molecule has 2 atom stereocenters. The summed E-state index contributed by atoms with van der Waals surface area (Å²) in [6.45, 7) is 2.25. The van der Waals surface area contributed by atoms with Crippen molar-refractivity contribution in [1.82, 2.24) is 10.6 Å². The molecule has 4 N–H and O–H groups in total. The molecule has 0 aliphatic carbocycles. The summed E-state index contributed by atoms with van der Waals surface area (Å²) < 4.78 is 0. The van der Waals surface area contributed by atoms with Gasteiger partial charge < -0.3 is 16.4 Å². The van der Waals surface area contributed by atoms with E-state index >= 15 is 0 Å². The highest BCUT2D eigenvalue weighted by atomic mass is 16.2. The van der Waals surface area contributed by atoms with E-state index in [4.69, 9.17) is 5.73 Å². The normalized spacial score (nSPS) is 19.7. The molecule has 18 heavy (non-hydrogen) atoms. The van der Waals surface area contributed by atoms with Gasteiger partial charge in [-0.3, -0.25) is 9.59 Å². The standard InChI is InChI=1S/C13H17N3O2/c1-8(12(14)17)16-13(18)11-6-9-4-2-3-5-10(9)7-15-11/h2-5,8,11,15H,6-7H2,1H3,(H2,14,17)(H,16,18). The fraction of sp³-hybridized carbons (Fsp3) is 0.385. The van der Waals surface area contributed by atoms with E-state index in [2.05, 4.69) is 10.6 Å². The number of carbonyl (C=O) groups is 2. The van der Waals surface area contributed by atoms with E-state index in [1.165, 1.54) is 11.1 Å². The van der Waals surface area contributed by atoms with Crippen LogP contribution in [0.1, 0.15) is 18.1 Å². The predicted octanol–water partition coefficient (Wildman–Crippen LogP) is -0.309. The lowest BCUT2D eigenvalue weighted by Gasteiger charge is -2.26. The molecule has 1 heterocycles. The number of primary amides is 1. The lowest BCUT2D eigenvalue weighted by molar-refractivity contribution is -0.128. The third-order valence-corrected chi connectivity index (χ3v) is 3.18. The summed E-state index contributed by atoms with van der Waals surface area (Å²) >= 11 is 0. The number of nitrogens with one attached hydrogen (secondary N) is 2. The largest absolute Gasteiger partial charge is 0.368 e. The van der Waals surface area contributed by atoms with Crippen LogP contribution in [0, 0.1) is 0 Å². The second-order valence-electron chi connectivity index (χ2n) is 4.54. The Labute approximate surface area is 106 Å². The van der Waals surface area contributed by atoms with Crippen molar-refractivity contribution in [3.05, 3.63) is 35.4 Å². The number of carbonyl (C=O) groups excluding carboxylic acids is 2. The minimum atomic E-state index is -0.642. The summed E-state index contributed by atoms with van der Waals surface area (Å²) in [5.41, 5.74) is 7.50. The molecule has 2 rings (SSSR count). The van der Waals surface area contributed by atoms with Gasteiger partial charge in [0.2, 0.25) is 11.8 Å². The molecule has 0 spiro atoms. The fourth-order valence-electron chi connectivity index (χ4n) is 2.02. The molecule has 0 aromatic heterocycles. The SMILES string of the molecule is CC(NC(=O)C1Cc2ccccc2CN1)C(N)=O. The van der Waals surface area contributed by atoms with Crippen LogP contribution in [0.4, 0.5) is 0 Å². The second-order valence-corrected chi connectivity index (χ2v) is 4.54. The van der Waals surface area contributed by atoms with Crippen molar-refractivity contribution in [3.8, 4) is 0 Å². The first-order valence-corrected chi connectivity index (χ1v) is 5.98. The predicted molar refractivity (Wildman–Crippen MR) is 67.6 cm³/mol. The maximum absolute atomic E-state index is 11.9. The molecule has 0 saturated heterocycles. The van der Waals surface area contributed by atoms with Crippen LogP contribution in [0.25, 0.3) is 0 Å². The Balaban J connectivity index is 2.00. The Morgan fingerprint density at radius 3 is 2.72 bits per heavy atom. The van der Waals surface area contributed by atoms with Gasteiger partial charge in [0, 0.05) is 6.54 Å². The summed E-state index contributed by atoms with van der Waals surface area (Å²) in [5.74, 6) is -0.713. The number of nitrogens with two attached hydrogens (primary N) is 1. The number of amides is 2. The van der Waals surface area contributed by atoms with Crippen molar-refractivity contribution < 1.29 is 9.59 Å². The topological polar surface area (TPSA) is 84.2 Å². The monoisotopic (exact) mass is 247 g/mol. The lowest BCUT2D eigenvalue weighted by atomic mass is 9.95. The smallest absolute Gasteiger partial charge is 0.239 e. The molecule has 0 saturated carbocycles. The number of rotatable bonds is 3. The summed E-state index contributed by atoms with van der Waals surface area (Å²) in [6.07, 6.45) is 0.632. The van der Waals surface area contributed by atoms with Gasteiger partial charge in [0.15, 0.2) is 0 Å². The van der Waals surface area contributed by atoms with Crippen molar-refractivity contribution in [2.24, 2.45) is 5.73 Å². The number of benzene rings is 1. The Bertz CT molecular complexity index is 473. The van der Waals surface area contributed by atoms with Crippen LogP contribution in [0.2, 0.25) is 0 Å². The van der Waals surface area contributed by atoms with Gasteiger partial charge in [0.05, 0.1) is 6.04 Å². The van der Waals surface area contributed by atoms with E-state index in [0.717, 1.165) is 0 Å². The van der Waals surface area contributed by atoms with Gasteiger partial charge in [-0.1, -0.05) is 24.3 Å². The van der Waals surface area contributed by atoms with Crippen molar-refractivity contribution in [1.29, 1.82) is 0 Å². The minimum absolute atomic E-state index is 0.184. The van der Waals surface area contributed by atoms with Gasteiger partial charge in [0.1, 0.15) is 6.04 Å². The first-order chi connectivity index (χ1) is 8.58. The molecule has 1 aromatic rings. The van der Waals surface area contributed by atoms with Gasteiger partial charge in [-0.2, -0.15) is 0 Å². The van der Waals surface area contributed by atoms with Crippen LogP contribution in [0.3, 0.4) is 0 Å². The Morgan fingerprint density at radius 2 is 2.06 bits per heavy atom. The maximum atomic E-state index is 11.9.